The summed E-state index contributed by atoms with van der Waals surface area (Å²) < 4.78 is 1.42. The van der Waals surface area contributed by atoms with Crippen molar-refractivity contribution >= 4 is 66.9 Å². The van der Waals surface area contributed by atoms with Crippen molar-refractivity contribution in [2.24, 2.45) is 5.73 Å². The van der Waals surface area contributed by atoms with Crippen molar-refractivity contribution in [2.75, 3.05) is 0 Å². The summed E-state index contributed by atoms with van der Waals surface area (Å²) in [4.78, 5) is 21.1. The number of carbonyl (C=O) groups is 2. The molecule has 2 rings (SSSR count). The van der Waals surface area contributed by atoms with Crippen molar-refractivity contribution in [2.45, 2.75) is 0 Å². The average Bonchev–Trinajstić information content (AvgIpc) is 2.37. The number of benzene rings is 2. The van der Waals surface area contributed by atoms with Crippen LogP contribution in [0.25, 0.3) is 0 Å². The number of carboxylic acids is 1. The van der Waals surface area contributed by atoms with E-state index >= 15 is 0 Å². The summed E-state index contributed by atoms with van der Waals surface area (Å²) in [6, 6.07) is 9.35. The Kier molecular flexibility index (Phi) is 7.35. The second kappa shape index (κ2) is 8.53. The lowest BCUT2D eigenvalue weighted by Gasteiger charge is -1.96. The van der Waals surface area contributed by atoms with Crippen LogP contribution in [0.2, 0.25) is 10.0 Å². The summed E-state index contributed by atoms with van der Waals surface area (Å²) >= 11 is 17.6. The van der Waals surface area contributed by atoms with Gasteiger partial charge in [-0.25, -0.2) is 4.79 Å². The van der Waals surface area contributed by atoms with Gasteiger partial charge in [-0.1, -0.05) is 55.1 Å². The third kappa shape index (κ3) is 6.36. The largest absolute Gasteiger partial charge is 0.478 e. The van der Waals surface area contributed by atoms with Crippen molar-refractivity contribution in [1.29, 1.82) is 0 Å². The van der Waals surface area contributed by atoms with E-state index in [-0.39, 0.29) is 5.56 Å². The second-order valence-electron chi connectivity index (χ2n) is 3.99. The number of primary amides is 1. The van der Waals surface area contributed by atoms with E-state index in [1.165, 1.54) is 18.2 Å². The number of carboxylic acid groups (broad SMARTS) is 1. The maximum atomic E-state index is 10.6. The first-order valence-electron chi connectivity index (χ1n) is 5.64. The Balaban J connectivity index is 0.000000220. The minimum absolute atomic E-state index is 0.185. The van der Waals surface area contributed by atoms with E-state index in [1.807, 2.05) is 0 Å². The molecular weight excluding hydrogens is 461 g/mol. The van der Waals surface area contributed by atoms with E-state index in [2.05, 4.69) is 31.9 Å². The van der Waals surface area contributed by atoms with E-state index in [1.54, 1.807) is 18.2 Å². The fraction of sp³-hybridized carbons (Fsp3) is 0. The molecule has 8 heteroatoms. The Labute approximate surface area is 153 Å². The van der Waals surface area contributed by atoms with Crippen LogP contribution in [0.1, 0.15) is 20.7 Å². The quantitative estimate of drug-likeness (QED) is 0.649. The van der Waals surface area contributed by atoms with Crippen molar-refractivity contribution in [3.05, 3.63) is 66.5 Å². The Bertz CT molecular complexity index is 621. The molecule has 4 nitrogen and oxygen atoms in total. The monoisotopic (exact) mass is 467 g/mol. The molecule has 0 atom stereocenters. The zero-order valence-electron chi connectivity index (χ0n) is 10.8. The van der Waals surface area contributed by atoms with Crippen LogP contribution in [0.5, 0.6) is 0 Å². The van der Waals surface area contributed by atoms with Gasteiger partial charge in [0.1, 0.15) is 0 Å². The first-order valence-corrected chi connectivity index (χ1v) is 7.98. The molecule has 22 heavy (non-hydrogen) atoms. The summed E-state index contributed by atoms with van der Waals surface area (Å²) in [5, 5.41) is 9.46. The average molecular weight is 470 g/mol. The zero-order valence-corrected chi connectivity index (χ0v) is 15.5. The molecular formula is C14H9Br2Cl2NO3. The fourth-order valence-electron chi connectivity index (χ4n) is 1.37. The maximum Gasteiger partial charge on any atom is 0.335 e. The normalized spacial score (nSPS) is 9.64. The van der Waals surface area contributed by atoms with Gasteiger partial charge in [-0.15, -0.1) is 0 Å². The molecule has 1 amide bonds. The second-order valence-corrected chi connectivity index (χ2v) is 6.69. The van der Waals surface area contributed by atoms with Crippen LogP contribution >= 0.6 is 55.1 Å². The third-order valence-electron chi connectivity index (χ3n) is 2.26. The maximum absolute atomic E-state index is 10.6. The lowest BCUT2D eigenvalue weighted by molar-refractivity contribution is 0.0696. The van der Waals surface area contributed by atoms with E-state index in [9.17, 15) is 9.59 Å². The van der Waals surface area contributed by atoms with E-state index in [0.29, 0.717) is 20.1 Å². The standard InChI is InChI=1S/C7H5BrClNO.C7H4BrClO2/c2*8-5-1-4(7(10)11)2-6(9)3-5/h1-3H,(H2,10,11);1-3H,(H,10,11). The van der Waals surface area contributed by atoms with Crippen LogP contribution in [0.15, 0.2) is 45.3 Å². The molecule has 0 heterocycles. The molecule has 2 aromatic carbocycles. The number of carbonyl (C=O) groups excluding carboxylic acids is 1. The molecule has 0 aliphatic heterocycles. The minimum atomic E-state index is -0.979. The summed E-state index contributed by atoms with van der Waals surface area (Å²) in [6.45, 7) is 0. The van der Waals surface area contributed by atoms with Gasteiger partial charge in [-0.05, 0) is 36.4 Å². The van der Waals surface area contributed by atoms with Gasteiger partial charge >= 0.3 is 5.97 Å². The van der Waals surface area contributed by atoms with Crippen LogP contribution in [0, 0.1) is 0 Å². The molecule has 0 fully saturated rings. The minimum Gasteiger partial charge on any atom is -0.478 e. The Morgan fingerprint density at radius 2 is 1.27 bits per heavy atom. The van der Waals surface area contributed by atoms with Gasteiger partial charge in [-0.3, -0.25) is 4.79 Å². The summed E-state index contributed by atoms with van der Waals surface area (Å²) in [5.74, 6) is -1.46. The number of hydrogen-bond donors (Lipinski definition) is 2. The molecule has 116 valence electrons. The smallest absolute Gasteiger partial charge is 0.335 e. The molecule has 0 saturated carbocycles. The van der Waals surface area contributed by atoms with Gasteiger partial charge in [0, 0.05) is 24.6 Å². The van der Waals surface area contributed by atoms with Crippen LogP contribution in [-0.2, 0) is 0 Å². The zero-order chi connectivity index (χ0) is 16.9. The van der Waals surface area contributed by atoms with Crippen molar-refractivity contribution in [3.63, 3.8) is 0 Å². The van der Waals surface area contributed by atoms with Crippen LogP contribution in [0.4, 0.5) is 0 Å². The number of amides is 1. The molecule has 0 aliphatic rings. The third-order valence-corrected chi connectivity index (χ3v) is 3.61. The van der Waals surface area contributed by atoms with Crippen molar-refractivity contribution in [3.8, 4) is 0 Å². The predicted octanol–water partition coefficient (Wildman–Crippen LogP) is 5.00. The van der Waals surface area contributed by atoms with E-state index in [4.69, 9.17) is 34.0 Å². The Morgan fingerprint density at radius 3 is 1.64 bits per heavy atom. The highest BCUT2D eigenvalue weighted by atomic mass is 79.9. The van der Waals surface area contributed by atoms with Crippen molar-refractivity contribution < 1.29 is 14.7 Å². The highest BCUT2D eigenvalue weighted by molar-refractivity contribution is 9.10. The molecule has 0 spiro atoms. The molecule has 2 aromatic rings. The molecule has 0 aliphatic carbocycles. The van der Waals surface area contributed by atoms with Gasteiger partial charge in [0.15, 0.2) is 0 Å². The van der Waals surface area contributed by atoms with Gasteiger partial charge in [0.25, 0.3) is 0 Å². The van der Waals surface area contributed by atoms with Gasteiger partial charge in [0.2, 0.25) is 5.91 Å². The molecule has 3 N–H and O–H groups in total. The SMILES string of the molecule is NC(=O)c1cc(Cl)cc(Br)c1.O=C(O)c1cc(Cl)cc(Br)c1. The Hall–Kier alpha value is -1.08. The van der Waals surface area contributed by atoms with Crippen molar-refractivity contribution in [1.82, 2.24) is 0 Å². The topological polar surface area (TPSA) is 80.4 Å². The van der Waals surface area contributed by atoms with Gasteiger partial charge in [0.05, 0.1) is 5.56 Å². The molecule has 0 radical (unpaired) electrons. The van der Waals surface area contributed by atoms with E-state index in [0.717, 1.165) is 4.47 Å². The number of rotatable bonds is 2. The van der Waals surface area contributed by atoms with E-state index < -0.39 is 11.9 Å². The molecule has 0 unspecified atom stereocenters. The summed E-state index contributed by atoms with van der Waals surface area (Å²) in [6.07, 6.45) is 0. The van der Waals surface area contributed by atoms with Crippen LogP contribution in [-0.4, -0.2) is 17.0 Å². The molecule has 0 bridgehead atoms. The highest BCUT2D eigenvalue weighted by Crippen LogP contribution is 2.19. The molecule has 0 aromatic heterocycles. The predicted molar refractivity (Wildman–Crippen MR) is 93.8 cm³/mol. The lowest BCUT2D eigenvalue weighted by Crippen LogP contribution is -2.10. The number of halogens is 4. The van der Waals surface area contributed by atoms with Crippen LogP contribution < -0.4 is 5.73 Å². The first-order chi connectivity index (χ1) is 10.2. The molecule has 0 saturated heterocycles. The first kappa shape index (κ1) is 19.0. The highest BCUT2D eigenvalue weighted by Gasteiger charge is 2.04. The number of nitrogens with two attached hydrogens (primary N) is 1. The van der Waals surface area contributed by atoms with Crippen LogP contribution in [0.3, 0.4) is 0 Å². The fourth-order valence-corrected chi connectivity index (χ4v) is 3.09. The lowest BCUT2D eigenvalue weighted by atomic mass is 10.2. The summed E-state index contributed by atoms with van der Waals surface area (Å²) in [7, 11) is 0. The summed E-state index contributed by atoms with van der Waals surface area (Å²) in [5.41, 5.74) is 5.62. The number of hydrogen-bond acceptors (Lipinski definition) is 2. The number of aromatic carboxylic acids is 1. The Morgan fingerprint density at radius 1 is 0.864 bits per heavy atom. The van der Waals surface area contributed by atoms with Gasteiger partial charge < -0.3 is 10.8 Å². The van der Waals surface area contributed by atoms with Gasteiger partial charge in [-0.2, -0.15) is 0 Å².